The molecule has 4 heterocycles. The van der Waals surface area contributed by atoms with Gasteiger partial charge >= 0.3 is 0 Å². The van der Waals surface area contributed by atoms with Gasteiger partial charge in [0.2, 0.25) is 5.88 Å². The topological polar surface area (TPSA) is 91.9 Å². The molecule has 0 spiro atoms. The largest absolute Gasteiger partial charge is 0.475 e. The van der Waals surface area contributed by atoms with Crippen LogP contribution in [0.15, 0.2) is 42.6 Å². The summed E-state index contributed by atoms with van der Waals surface area (Å²) in [4.78, 5) is 25.9. The Bertz CT molecular complexity index is 1480. The molecule has 7 nitrogen and oxygen atoms in total. The second kappa shape index (κ2) is 8.08. The highest BCUT2D eigenvalue weighted by atomic mass is 19.1. The molecule has 1 amide bonds. The maximum Gasteiger partial charge on any atom is 0.255 e. The Kier molecular flexibility index (Phi) is 4.98. The molecule has 0 unspecified atom stereocenters. The number of fused-ring (bicyclic) bond motifs is 4. The summed E-state index contributed by atoms with van der Waals surface area (Å²) in [5, 5.41) is 6.50. The van der Waals surface area contributed by atoms with Crippen molar-refractivity contribution in [3.8, 4) is 17.1 Å². The Morgan fingerprint density at radius 2 is 2.09 bits per heavy atom. The maximum atomic E-state index is 14.6. The molecule has 2 aliphatic rings. The van der Waals surface area contributed by atoms with Gasteiger partial charge in [0, 0.05) is 46.7 Å². The number of carbonyl (C=O) groups excluding carboxylic acids is 1. The summed E-state index contributed by atoms with van der Waals surface area (Å²) in [5.41, 5.74) is 6.20. The van der Waals surface area contributed by atoms with Gasteiger partial charge in [-0.25, -0.2) is 9.37 Å². The summed E-state index contributed by atoms with van der Waals surface area (Å²) in [6, 6.07) is 10.7. The van der Waals surface area contributed by atoms with Crippen molar-refractivity contribution in [3.05, 3.63) is 65.2 Å². The summed E-state index contributed by atoms with van der Waals surface area (Å²) >= 11 is 0. The molecule has 178 valence electrons. The number of H-pyrrole nitrogens is 1. The molecule has 3 aromatic heterocycles. The molecule has 2 atom stereocenters. The smallest absolute Gasteiger partial charge is 0.255 e. The van der Waals surface area contributed by atoms with Crippen LogP contribution in [0.25, 0.3) is 22.3 Å². The van der Waals surface area contributed by atoms with Crippen molar-refractivity contribution in [1.82, 2.24) is 20.3 Å². The number of anilines is 2. The number of hydrogen-bond donors (Lipinski definition) is 3. The standard InChI is InChI=1S/C27H26FN5O2/c1-4-14-17(28)6-5-7-18(14)30-26-22-24(16-12-20(16)31-27(22)34)33-25(26)15-10-11-29-19-8-9-21(32-23(15)19)35-13(2)3/h5-11,13,16,20,30,33H,4,12H2,1-3H3,(H,31,34)/t16-,20+/m1/s1. The molecule has 1 aliphatic heterocycles. The number of hydrogen-bond acceptors (Lipinski definition) is 5. The lowest BCUT2D eigenvalue weighted by Gasteiger charge is -2.17. The molecule has 0 bridgehead atoms. The predicted molar refractivity (Wildman–Crippen MR) is 133 cm³/mol. The fourth-order valence-electron chi connectivity index (χ4n) is 4.96. The van der Waals surface area contributed by atoms with Gasteiger partial charge in [0.1, 0.15) is 11.3 Å². The minimum atomic E-state index is -0.276. The van der Waals surface area contributed by atoms with E-state index in [1.54, 1.807) is 18.3 Å². The van der Waals surface area contributed by atoms with Crippen molar-refractivity contribution in [2.24, 2.45) is 0 Å². The van der Waals surface area contributed by atoms with Crippen molar-refractivity contribution >= 4 is 28.3 Å². The van der Waals surface area contributed by atoms with E-state index in [1.165, 1.54) is 6.07 Å². The van der Waals surface area contributed by atoms with Crippen LogP contribution in [0.5, 0.6) is 5.88 Å². The molecule has 1 saturated carbocycles. The van der Waals surface area contributed by atoms with Gasteiger partial charge < -0.3 is 20.4 Å². The number of pyridine rings is 2. The van der Waals surface area contributed by atoms with Gasteiger partial charge in [-0.2, -0.15) is 0 Å². The Morgan fingerprint density at radius 3 is 2.89 bits per heavy atom. The summed E-state index contributed by atoms with van der Waals surface area (Å²) in [6.45, 7) is 5.81. The van der Waals surface area contributed by atoms with Gasteiger partial charge in [0.25, 0.3) is 5.91 Å². The maximum absolute atomic E-state index is 14.6. The zero-order chi connectivity index (χ0) is 24.3. The van der Waals surface area contributed by atoms with Crippen molar-refractivity contribution < 1.29 is 13.9 Å². The van der Waals surface area contributed by atoms with Gasteiger partial charge in [-0.15, -0.1) is 0 Å². The van der Waals surface area contributed by atoms with Gasteiger partial charge in [0.05, 0.1) is 28.6 Å². The van der Waals surface area contributed by atoms with E-state index in [2.05, 4.69) is 20.6 Å². The first kappa shape index (κ1) is 21.6. The van der Waals surface area contributed by atoms with Crippen molar-refractivity contribution in [2.45, 2.75) is 51.7 Å². The van der Waals surface area contributed by atoms with Crippen molar-refractivity contribution in [3.63, 3.8) is 0 Å². The third-order valence-corrected chi connectivity index (χ3v) is 6.65. The molecule has 1 aliphatic carbocycles. The molecule has 0 saturated heterocycles. The lowest BCUT2D eigenvalue weighted by Crippen LogP contribution is -2.31. The Hall–Kier alpha value is -3.94. The summed E-state index contributed by atoms with van der Waals surface area (Å²) in [6.07, 6.45) is 3.13. The van der Waals surface area contributed by atoms with Gasteiger partial charge in [-0.05, 0) is 51.0 Å². The van der Waals surface area contributed by atoms with E-state index < -0.39 is 0 Å². The zero-order valence-electron chi connectivity index (χ0n) is 19.8. The molecule has 1 fully saturated rings. The third kappa shape index (κ3) is 3.60. The van der Waals surface area contributed by atoms with Crippen LogP contribution < -0.4 is 15.4 Å². The predicted octanol–water partition coefficient (Wildman–Crippen LogP) is 5.46. The van der Waals surface area contributed by atoms with Gasteiger partial charge in [0.15, 0.2) is 0 Å². The first-order valence-electron chi connectivity index (χ1n) is 12.0. The van der Waals surface area contributed by atoms with Gasteiger partial charge in [-0.3, -0.25) is 9.78 Å². The van der Waals surface area contributed by atoms with Crippen LogP contribution in [0.3, 0.4) is 0 Å². The second-order valence-electron chi connectivity index (χ2n) is 9.37. The van der Waals surface area contributed by atoms with Crippen LogP contribution in [-0.2, 0) is 6.42 Å². The summed E-state index contributed by atoms with van der Waals surface area (Å²) in [5.74, 6) is 0.344. The highest BCUT2D eigenvalue weighted by Gasteiger charge is 2.48. The zero-order valence-corrected chi connectivity index (χ0v) is 19.8. The molecule has 3 N–H and O–H groups in total. The molecule has 8 heteroatoms. The first-order chi connectivity index (χ1) is 16.9. The Morgan fingerprint density at radius 1 is 1.23 bits per heavy atom. The lowest BCUT2D eigenvalue weighted by molar-refractivity contribution is 0.0944. The number of aromatic amines is 1. The van der Waals surface area contributed by atoms with Crippen molar-refractivity contribution in [1.29, 1.82) is 0 Å². The number of halogens is 1. The Labute approximate surface area is 202 Å². The van der Waals surface area contributed by atoms with E-state index >= 15 is 0 Å². The number of nitrogens with zero attached hydrogens (tertiary/aromatic N) is 2. The molecular weight excluding hydrogens is 445 g/mol. The number of aromatic nitrogens is 3. The highest BCUT2D eigenvalue weighted by molar-refractivity contribution is 6.09. The minimum Gasteiger partial charge on any atom is -0.475 e. The van der Waals surface area contributed by atoms with Crippen molar-refractivity contribution in [2.75, 3.05) is 5.32 Å². The van der Waals surface area contributed by atoms with Crippen LogP contribution >= 0.6 is 0 Å². The Balaban J connectivity index is 1.57. The lowest BCUT2D eigenvalue weighted by atomic mass is 10.0. The van der Waals surface area contributed by atoms with E-state index in [0.29, 0.717) is 45.8 Å². The number of nitrogens with one attached hydrogen (secondary N) is 3. The molecular formula is C27H26FN5O2. The van der Waals surface area contributed by atoms with Crippen LogP contribution in [0.1, 0.15) is 54.7 Å². The van der Waals surface area contributed by atoms with E-state index in [1.807, 2.05) is 39.0 Å². The van der Waals surface area contributed by atoms with Crippen LogP contribution in [0.4, 0.5) is 15.8 Å². The van der Waals surface area contributed by atoms with Crippen LogP contribution in [0, 0.1) is 5.82 Å². The third-order valence-electron chi connectivity index (χ3n) is 6.65. The summed E-state index contributed by atoms with van der Waals surface area (Å²) < 4.78 is 20.4. The molecule has 6 rings (SSSR count). The van der Waals surface area contributed by atoms with E-state index in [0.717, 1.165) is 23.4 Å². The number of carbonyl (C=O) groups is 1. The van der Waals surface area contributed by atoms with E-state index in [9.17, 15) is 9.18 Å². The fraction of sp³-hybridized carbons (Fsp3) is 0.296. The normalized spacial score (nSPS) is 18.3. The van der Waals surface area contributed by atoms with Crippen LogP contribution in [-0.4, -0.2) is 33.0 Å². The second-order valence-corrected chi connectivity index (χ2v) is 9.37. The van der Waals surface area contributed by atoms with Crippen LogP contribution in [0.2, 0.25) is 0 Å². The monoisotopic (exact) mass is 471 g/mol. The van der Waals surface area contributed by atoms with Gasteiger partial charge in [-0.1, -0.05) is 13.0 Å². The number of ether oxygens (including phenoxy) is 1. The SMILES string of the molecule is CCc1c(F)cccc1Nc1c(-c2ccnc3ccc(OC(C)C)nc23)[nH]c2c1C(=O)N[C@H]1C[C@@H]21. The number of rotatable bonds is 6. The quantitative estimate of drug-likeness (QED) is 0.348. The summed E-state index contributed by atoms with van der Waals surface area (Å²) in [7, 11) is 0. The average Bonchev–Trinajstić information content (AvgIpc) is 3.50. The average molecular weight is 472 g/mol. The minimum absolute atomic E-state index is 0.0222. The fourth-order valence-corrected chi connectivity index (χ4v) is 4.96. The number of amides is 1. The molecule has 1 aromatic carbocycles. The first-order valence-corrected chi connectivity index (χ1v) is 12.0. The number of benzene rings is 1. The molecule has 4 aromatic rings. The highest BCUT2D eigenvalue weighted by Crippen LogP contribution is 2.50. The van der Waals surface area contributed by atoms with E-state index in [-0.39, 0.29) is 29.8 Å². The molecule has 35 heavy (non-hydrogen) atoms. The molecule has 0 radical (unpaired) electrons. The van der Waals surface area contributed by atoms with E-state index in [4.69, 9.17) is 9.72 Å².